The van der Waals surface area contributed by atoms with E-state index in [4.69, 9.17) is 0 Å². The van der Waals surface area contributed by atoms with Gasteiger partial charge in [0.05, 0.1) is 10.2 Å². The lowest BCUT2D eigenvalue weighted by atomic mass is 10.00. The number of nitrogens with zero attached hydrogens (tertiary/aromatic N) is 1. The average Bonchev–Trinajstić information content (AvgIpc) is 2.29. The molecular formula is C14H19BrN2O2. The van der Waals surface area contributed by atoms with Crippen molar-refractivity contribution in [2.24, 2.45) is 5.92 Å². The summed E-state index contributed by atoms with van der Waals surface area (Å²) in [6.07, 6.45) is 3.99. The highest BCUT2D eigenvalue weighted by atomic mass is 79.9. The molecule has 1 N–H and O–H groups in total. The third-order valence-electron chi connectivity index (χ3n) is 2.46. The van der Waals surface area contributed by atoms with Crippen LogP contribution in [0.15, 0.2) is 21.5 Å². The number of halogens is 1. The van der Waals surface area contributed by atoms with Gasteiger partial charge in [0.2, 0.25) is 0 Å². The predicted molar refractivity (Wildman–Crippen MR) is 81.3 cm³/mol. The van der Waals surface area contributed by atoms with Crippen molar-refractivity contribution in [2.75, 3.05) is 14.1 Å². The Morgan fingerprint density at radius 1 is 1.47 bits per heavy atom. The SMILES string of the molecule is CC(C)CC(=O)c1cc(Br)c(=O)[nH]c1/C=C\N(C)C. The van der Waals surface area contributed by atoms with E-state index in [-0.39, 0.29) is 17.3 Å². The number of carbonyl (C=O) groups is 1. The van der Waals surface area contributed by atoms with Gasteiger partial charge in [-0.1, -0.05) is 13.8 Å². The standard InChI is InChI=1S/C14H19BrN2O2/c1-9(2)7-13(18)10-8-11(15)14(19)16-12(10)5-6-17(3)4/h5-6,8-9H,7H2,1-4H3,(H,16,19)/b6-5-. The zero-order valence-corrected chi connectivity index (χ0v) is 13.2. The summed E-state index contributed by atoms with van der Waals surface area (Å²) in [5.74, 6) is 0.314. The van der Waals surface area contributed by atoms with Crippen LogP contribution >= 0.6 is 15.9 Å². The van der Waals surface area contributed by atoms with Crippen molar-refractivity contribution in [3.63, 3.8) is 0 Å². The smallest absolute Gasteiger partial charge is 0.262 e. The number of nitrogens with one attached hydrogen (secondary N) is 1. The lowest BCUT2D eigenvalue weighted by Crippen LogP contribution is -2.15. The minimum Gasteiger partial charge on any atom is -0.383 e. The number of H-pyrrole nitrogens is 1. The number of Topliss-reactive ketones (excluding diaryl/α,β-unsaturated/α-hetero) is 1. The molecule has 0 spiro atoms. The zero-order valence-electron chi connectivity index (χ0n) is 11.7. The second-order valence-corrected chi connectivity index (χ2v) is 5.93. The van der Waals surface area contributed by atoms with Gasteiger partial charge in [-0.05, 0) is 34.0 Å². The van der Waals surface area contributed by atoms with E-state index in [1.807, 2.05) is 32.8 Å². The van der Waals surface area contributed by atoms with Gasteiger partial charge in [0.1, 0.15) is 0 Å². The summed E-state index contributed by atoms with van der Waals surface area (Å²) in [6, 6.07) is 1.60. The van der Waals surface area contributed by atoms with E-state index in [2.05, 4.69) is 20.9 Å². The highest BCUT2D eigenvalue weighted by Crippen LogP contribution is 2.16. The molecule has 0 amide bonds. The van der Waals surface area contributed by atoms with Gasteiger partial charge in [-0.2, -0.15) is 0 Å². The molecule has 0 aliphatic carbocycles. The molecule has 1 heterocycles. The summed E-state index contributed by atoms with van der Waals surface area (Å²) >= 11 is 3.16. The maximum Gasteiger partial charge on any atom is 0.262 e. The molecule has 0 radical (unpaired) electrons. The molecule has 0 fully saturated rings. The first-order valence-electron chi connectivity index (χ1n) is 6.12. The predicted octanol–water partition coefficient (Wildman–Crippen LogP) is 2.90. The van der Waals surface area contributed by atoms with Crippen LogP contribution in [-0.2, 0) is 0 Å². The third-order valence-corrected chi connectivity index (χ3v) is 3.05. The van der Waals surface area contributed by atoms with Crippen LogP contribution in [-0.4, -0.2) is 29.8 Å². The maximum absolute atomic E-state index is 12.2. The van der Waals surface area contributed by atoms with Gasteiger partial charge in [-0.15, -0.1) is 0 Å². The van der Waals surface area contributed by atoms with Crippen molar-refractivity contribution in [1.29, 1.82) is 0 Å². The molecule has 0 aliphatic heterocycles. The van der Waals surface area contributed by atoms with Crippen LogP contribution in [0.1, 0.15) is 36.3 Å². The largest absolute Gasteiger partial charge is 0.383 e. The molecule has 1 rings (SSSR count). The molecular weight excluding hydrogens is 308 g/mol. The Morgan fingerprint density at radius 2 is 2.11 bits per heavy atom. The summed E-state index contributed by atoms with van der Waals surface area (Å²) in [6.45, 7) is 3.99. The number of aromatic nitrogens is 1. The van der Waals surface area contributed by atoms with Crippen molar-refractivity contribution in [3.8, 4) is 0 Å². The molecule has 0 unspecified atom stereocenters. The Balaban J connectivity index is 3.24. The minimum atomic E-state index is -0.237. The first kappa shape index (κ1) is 15.7. The molecule has 0 aromatic carbocycles. The molecule has 0 saturated carbocycles. The molecule has 1 aromatic rings. The van der Waals surface area contributed by atoms with Crippen molar-refractivity contribution in [3.05, 3.63) is 38.4 Å². The number of hydrogen-bond donors (Lipinski definition) is 1. The molecule has 0 atom stereocenters. The van der Waals surface area contributed by atoms with Crippen LogP contribution < -0.4 is 5.56 Å². The highest BCUT2D eigenvalue weighted by molar-refractivity contribution is 9.10. The van der Waals surface area contributed by atoms with E-state index in [1.54, 1.807) is 18.3 Å². The molecule has 19 heavy (non-hydrogen) atoms. The Kier molecular flexibility index (Phi) is 5.54. The van der Waals surface area contributed by atoms with Crippen LogP contribution in [0, 0.1) is 5.92 Å². The van der Waals surface area contributed by atoms with Gasteiger partial charge in [-0.3, -0.25) is 9.59 Å². The van der Waals surface area contributed by atoms with Gasteiger partial charge in [0.15, 0.2) is 5.78 Å². The van der Waals surface area contributed by atoms with Crippen LogP contribution in [0.25, 0.3) is 6.08 Å². The van der Waals surface area contributed by atoms with Crippen molar-refractivity contribution in [2.45, 2.75) is 20.3 Å². The molecule has 1 aromatic heterocycles. The van der Waals surface area contributed by atoms with Gasteiger partial charge >= 0.3 is 0 Å². The fourth-order valence-corrected chi connectivity index (χ4v) is 1.91. The zero-order chi connectivity index (χ0) is 14.6. The van der Waals surface area contributed by atoms with Gasteiger partial charge < -0.3 is 9.88 Å². The number of carbonyl (C=O) groups excluding carboxylic acids is 1. The number of ketones is 1. The Hall–Kier alpha value is -1.36. The first-order valence-corrected chi connectivity index (χ1v) is 6.91. The molecule has 104 valence electrons. The van der Waals surface area contributed by atoms with E-state index in [9.17, 15) is 9.59 Å². The van der Waals surface area contributed by atoms with Gasteiger partial charge in [-0.25, -0.2) is 0 Å². The second-order valence-electron chi connectivity index (χ2n) is 5.07. The maximum atomic E-state index is 12.2. The normalized spacial score (nSPS) is 11.3. The van der Waals surface area contributed by atoms with E-state index in [1.165, 1.54) is 0 Å². The summed E-state index contributed by atoms with van der Waals surface area (Å²) in [4.78, 5) is 28.4. The van der Waals surface area contributed by atoms with Crippen molar-refractivity contribution < 1.29 is 4.79 Å². The van der Waals surface area contributed by atoms with Crippen LogP contribution in [0.3, 0.4) is 0 Å². The summed E-state index contributed by atoms with van der Waals surface area (Å²) in [5.41, 5.74) is 0.852. The summed E-state index contributed by atoms with van der Waals surface area (Å²) in [7, 11) is 3.76. The molecule has 5 heteroatoms. The van der Waals surface area contributed by atoms with Gasteiger partial charge in [0.25, 0.3) is 5.56 Å². The van der Waals surface area contributed by atoms with E-state index in [0.717, 1.165) is 0 Å². The monoisotopic (exact) mass is 326 g/mol. The Labute approximate surface area is 121 Å². The number of aromatic amines is 1. The minimum absolute atomic E-state index is 0.0327. The van der Waals surface area contributed by atoms with Crippen LogP contribution in [0.4, 0.5) is 0 Å². The van der Waals surface area contributed by atoms with Crippen molar-refractivity contribution in [1.82, 2.24) is 9.88 Å². The van der Waals surface area contributed by atoms with E-state index < -0.39 is 0 Å². The Bertz CT molecular complexity index is 545. The first-order chi connectivity index (χ1) is 8.81. The number of rotatable bonds is 5. The van der Waals surface area contributed by atoms with Crippen LogP contribution in [0.5, 0.6) is 0 Å². The molecule has 4 nitrogen and oxygen atoms in total. The van der Waals surface area contributed by atoms with Gasteiger partial charge in [0, 0.05) is 32.3 Å². The number of pyridine rings is 1. The molecule has 0 aliphatic rings. The third kappa shape index (κ3) is 4.67. The van der Waals surface area contributed by atoms with Crippen LogP contribution in [0.2, 0.25) is 0 Å². The topological polar surface area (TPSA) is 53.2 Å². The quantitative estimate of drug-likeness (QED) is 0.846. The van der Waals surface area contributed by atoms with E-state index >= 15 is 0 Å². The Morgan fingerprint density at radius 3 is 2.63 bits per heavy atom. The number of hydrogen-bond acceptors (Lipinski definition) is 3. The molecule has 0 saturated heterocycles. The summed E-state index contributed by atoms with van der Waals surface area (Å²) < 4.78 is 0.376. The fourth-order valence-electron chi connectivity index (χ4n) is 1.59. The van der Waals surface area contributed by atoms with E-state index in [0.29, 0.717) is 22.2 Å². The fraction of sp³-hybridized carbons (Fsp3) is 0.429. The lowest BCUT2D eigenvalue weighted by molar-refractivity contribution is 0.0967. The second kappa shape index (κ2) is 6.70. The average molecular weight is 327 g/mol. The summed E-state index contributed by atoms with van der Waals surface area (Å²) in [5, 5.41) is 0. The molecule has 0 bridgehead atoms. The van der Waals surface area contributed by atoms with Crippen molar-refractivity contribution >= 4 is 27.8 Å². The lowest BCUT2D eigenvalue weighted by Gasteiger charge is -2.09. The highest BCUT2D eigenvalue weighted by Gasteiger charge is 2.14.